The maximum Gasteiger partial charge on any atom is 0.341 e. The first-order valence-corrected chi connectivity index (χ1v) is 12.6. The van der Waals surface area contributed by atoms with Gasteiger partial charge < -0.3 is 20.3 Å². The molecule has 0 bridgehead atoms. The summed E-state index contributed by atoms with van der Waals surface area (Å²) >= 11 is 10.1. The second-order valence-electron chi connectivity index (χ2n) is 7.36. The van der Waals surface area contributed by atoms with Gasteiger partial charge in [0.05, 0.1) is 34.8 Å². The number of rotatable bonds is 8. The van der Waals surface area contributed by atoms with Crippen LogP contribution in [0.1, 0.15) is 45.0 Å². The molecule has 0 aliphatic carbocycles. The Balaban J connectivity index is 1.80. The van der Waals surface area contributed by atoms with Crippen LogP contribution in [-0.4, -0.2) is 51.9 Å². The Morgan fingerprint density at radius 1 is 1.26 bits per heavy atom. The fourth-order valence-corrected chi connectivity index (χ4v) is 5.21. The van der Waals surface area contributed by atoms with Gasteiger partial charge in [-0.3, -0.25) is 9.48 Å². The van der Waals surface area contributed by atoms with E-state index in [2.05, 4.69) is 31.7 Å². The highest BCUT2D eigenvalue weighted by Gasteiger charge is 2.27. The molecule has 2 N–H and O–H groups in total. The summed E-state index contributed by atoms with van der Waals surface area (Å²) < 4.78 is 7.71. The lowest BCUT2D eigenvalue weighted by Gasteiger charge is -2.18. The van der Waals surface area contributed by atoms with Gasteiger partial charge in [-0.05, 0) is 72.2 Å². The first-order valence-electron chi connectivity index (χ1n) is 10.6. The number of esters is 1. The summed E-state index contributed by atoms with van der Waals surface area (Å²) in [7, 11) is 1.31. The number of carbonyl (C=O) groups excluding carboxylic acids is 2. The third kappa shape index (κ3) is 6.02. The molecule has 0 aliphatic heterocycles. The van der Waals surface area contributed by atoms with E-state index in [1.807, 2.05) is 49.0 Å². The standard InChI is InChI=1S/C23H26BrN5O3S2/c1-5-28(6-2)21(30)19-14(3)18(22(31)32-4)20(34-19)27-23(33)26-17-9-7-8-15(10-17)12-29-13-16(24)11-25-29/h7-11,13H,5-6,12H2,1-4H3,(H2,26,27,33). The van der Waals surface area contributed by atoms with Crippen LogP contribution in [0, 0.1) is 6.92 Å². The van der Waals surface area contributed by atoms with Crippen molar-refractivity contribution in [2.24, 2.45) is 0 Å². The van der Waals surface area contributed by atoms with Gasteiger partial charge in [0.15, 0.2) is 5.11 Å². The third-order valence-electron chi connectivity index (χ3n) is 5.14. The molecule has 1 amide bonds. The summed E-state index contributed by atoms with van der Waals surface area (Å²) in [6, 6.07) is 7.79. The van der Waals surface area contributed by atoms with Crippen LogP contribution >= 0.6 is 39.5 Å². The molecule has 0 unspecified atom stereocenters. The van der Waals surface area contributed by atoms with Crippen LogP contribution in [0.2, 0.25) is 0 Å². The molecule has 0 atom stereocenters. The lowest BCUT2D eigenvalue weighted by atomic mass is 10.1. The van der Waals surface area contributed by atoms with E-state index in [0.717, 1.165) is 15.7 Å². The summed E-state index contributed by atoms with van der Waals surface area (Å²) in [6.45, 7) is 7.35. The summed E-state index contributed by atoms with van der Waals surface area (Å²) in [5.74, 6) is -0.646. The number of hydrogen-bond acceptors (Lipinski definition) is 6. The van der Waals surface area contributed by atoms with Crippen LogP contribution in [-0.2, 0) is 11.3 Å². The molecule has 0 aliphatic rings. The minimum Gasteiger partial charge on any atom is -0.465 e. The number of benzene rings is 1. The van der Waals surface area contributed by atoms with Crippen LogP contribution in [0.25, 0.3) is 0 Å². The Hall–Kier alpha value is -2.76. The van der Waals surface area contributed by atoms with Gasteiger partial charge in [0.25, 0.3) is 5.91 Å². The number of halogens is 1. The first-order chi connectivity index (χ1) is 16.3. The summed E-state index contributed by atoms with van der Waals surface area (Å²) in [5.41, 5.74) is 2.71. The van der Waals surface area contributed by atoms with Crippen molar-refractivity contribution >= 4 is 67.2 Å². The van der Waals surface area contributed by atoms with Gasteiger partial charge in [-0.25, -0.2) is 4.79 Å². The summed E-state index contributed by atoms with van der Waals surface area (Å²) in [4.78, 5) is 27.7. The molecular formula is C23H26BrN5O3S2. The van der Waals surface area contributed by atoms with Crippen molar-refractivity contribution in [2.45, 2.75) is 27.3 Å². The zero-order valence-electron chi connectivity index (χ0n) is 19.3. The highest BCUT2D eigenvalue weighted by Crippen LogP contribution is 2.34. The quantitative estimate of drug-likeness (QED) is 0.289. The first kappa shape index (κ1) is 25.9. The summed E-state index contributed by atoms with van der Waals surface area (Å²) in [5, 5.41) is 11.3. The maximum atomic E-state index is 13.0. The van der Waals surface area contributed by atoms with Crippen LogP contribution in [0.3, 0.4) is 0 Å². The smallest absolute Gasteiger partial charge is 0.341 e. The number of hydrogen-bond donors (Lipinski definition) is 2. The highest BCUT2D eigenvalue weighted by molar-refractivity contribution is 9.10. The average molecular weight is 565 g/mol. The van der Waals surface area contributed by atoms with Crippen molar-refractivity contribution in [3.63, 3.8) is 0 Å². The molecule has 3 rings (SSSR count). The van der Waals surface area contributed by atoms with Crippen molar-refractivity contribution in [1.29, 1.82) is 0 Å². The van der Waals surface area contributed by atoms with Gasteiger partial charge in [-0.2, -0.15) is 5.10 Å². The van der Waals surface area contributed by atoms with Gasteiger partial charge in [-0.1, -0.05) is 12.1 Å². The zero-order chi connectivity index (χ0) is 24.8. The van der Waals surface area contributed by atoms with Gasteiger partial charge in [0.1, 0.15) is 5.00 Å². The Labute approximate surface area is 216 Å². The van der Waals surface area contributed by atoms with E-state index < -0.39 is 5.97 Å². The molecular weight excluding hydrogens is 538 g/mol. The van der Waals surface area contributed by atoms with Gasteiger partial charge >= 0.3 is 5.97 Å². The number of carbonyl (C=O) groups is 2. The Kier molecular flexibility index (Phi) is 8.81. The maximum absolute atomic E-state index is 13.0. The van der Waals surface area contributed by atoms with Crippen molar-refractivity contribution < 1.29 is 14.3 Å². The predicted molar refractivity (Wildman–Crippen MR) is 143 cm³/mol. The number of thiophene rings is 1. The number of anilines is 2. The number of ether oxygens (including phenoxy) is 1. The number of methoxy groups -OCH3 is 1. The highest BCUT2D eigenvalue weighted by atomic mass is 79.9. The molecule has 8 nitrogen and oxygen atoms in total. The minimum absolute atomic E-state index is 0.123. The second kappa shape index (κ2) is 11.6. The molecule has 1 aromatic carbocycles. The van der Waals surface area contributed by atoms with E-state index in [9.17, 15) is 9.59 Å². The van der Waals surface area contributed by atoms with Crippen molar-refractivity contribution in [2.75, 3.05) is 30.8 Å². The summed E-state index contributed by atoms with van der Waals surface area (Å²) in [6.07, 6.45) is 3.64. The number of nitrogens with zero attached hydrogens (tertiary/aromatic N) is 3. The number of nitrogens with one attached hydrogen (secondary N) is 2. The lowest BCUT2D eigenvalue weighted by molar-refractivity contribution is 0.0601. The van der Waals surface area contributed by atoms with E-state index in [-0.39, 0.29) is 5.91 Å². The van der Waals surface area contributed by atoms with E-state index in [1.165, 1.54) is 18.4 Å². The molecule has 180 valence electrons. The Bertz CT molecular complexity index is 1200. The normalized spacial score (nSPS) is 10.6. The number of thiocarbonyl (C=S) groups is 1. The molecule has 2 aromatic heterocycles. The van der Waals surface area contributed by atoms with Crippen LogP contribution in [0.4, 0.5) is 10.7 Å². The fraction of sp³-hybridized carbons (Fsp3) is 0.304. The molecule has 2 heterocycles. The molecule has 0 radical (unpaired) electrons. The third-order valence-corrected chi connectivity index (χ3v) is 6.95. The minimum atomic E-state index is -0.523. The van der Waals surface area contributed by atoms with Gasteiger partial charge in [0.2, 0.25) is 0 Å². The van der Waals surface area contributed by atoms with E-state index >= 15 is 0 Å². The largest absolute Gasteiger partial charge is 0.465 e. The van der Waals surface area contributed by atoms with E-state index in [1.54, 1.807) is 18.0 Å². The lowest BCUT2D eigenvalue weighted by Crippen LogP contribution is -2.30. The monoisotopic (exact) mass is 563 g/mol. The second-order valence-corrected chi connectivity index (χ2v) is 9.71. The SMILES string of the molecule is CCN(CC)C(=O)c1sc(NC(=S)Nc2cccc(Cn3cc(Br)cn3)c2)c(C(=O)OC)c1C. The number of amides is 1. The van der Waals surface area contributed by atoms with Crippen molar-refractivity contribution in [3.05, 3.63) is 62.7 Å². The van der Waals surface area contributed by atoms with Gasteiger partial charge in [0, 0.05) is 25.0 Å². The van der Waals surface area contributed by atoms with Crippen LogP contribution in [0.5, 0.6) is 0 Å². The van der Waals surface area contributed by atoms with Crippen LogP contribution in [0.15, 0.2) is 41.1 Å². The Morgan fingerprint density at radius 3 is 2.62 bits per heavy atom. The van der Waals surface area contributed by atoms with Crippen molar-refractivity contribution in [3.8, 4) is 0 Å². The predicted octanol–water partition coefficient (Wildman–Crippen LogP) is 5.14. The zero-order valence-corrected chi connectivity index (χ0v) is 22.6. The molecule has 3 aromatic rings. The molecule has 0 saturated heterocycles. The molecule has 0 fully saturated rings. The van der Waals surface area contributed by atoms with Crippen LogP contribution < -0.4 is 10.6 Å². The van der Waals surface area contributed by atoms with E-state index in [0.29, 0.717) is 45.8 Å². The molecule has 0 spiro atoms. The average Bonchev–Trinajstić information content (AvgIpc) is 3.36. The fourth-order valence-electron chi connectivity index (χ4n) is 3.43. The molecule has 11 heteroatoms. The van der Waals surface area contributed by atoms with Gasteiger partial charge in [-0.15, -0.1) is 11.3 Å². The Morgan fingerprint density at radius 2 is 2.00 bits per heavy atom. The molecule has 34 heavy (non-hydrogen) atoms. The molecule has 0 saturated carbocycles. The number of aromatic nitrogens is 2. The van der Waals surface area contributed by atoms with E-state index in [4.69, 9.17) is 17.0 Å². The van der Waals surface area contributed by atoms with Crippen molar-refractivity contribution in [1.82, 2.24) is 14.7 Å². The topological polar surface area (TPSA) is 88.5 Å².